The SMILES string of the molecule is CCCn1ncc(CC(=N)N)c1C. The van der Waals surface area contributed by atoms with Crippen LogP contribution in [0, 0.1) is 12.3 Å². The standard InChI is InChI=1S/C9H16N4/c1-3-4-13-7(2)8(6-12-13)5-9(10)11/h6H,3-5H2,1-2H3,(H3,10,11). The van der Waals surface area contributed by atoms with Crippen LogP contribution in [0.3, 0.4) is 0 Å². The molecular weight excluding hydrogens is 164 g/mol. The Kier molecular flexibility index (Phi) is 3.06. The highest BCUT2D eigenvalue weighted by Crippen LogP contribution is 2.07. The van der Waals surface area contributed by atoms with E-state index >= 15 is 0 Å². The minimum atomic E-state index is 0.194. The lowest BCUT2D eigenvalue weighted by Crippen LogP contribution is -2.13. The number of aryl methyl sites for hydroxylation is 1. The molecule has 0 radical (unpaired) electrons. The van der Waals surface area contributed by atoms with Gasteiger partial charge >= 0.3 is 0 Å². The zero-order valence-electron chi connectivity index (χ0n) is 8.17. The van der Waals surface area contributed by atoms with Crippen molar-refractivity contribution in [1.82, 2.24) is 9.78 Å². The minimum Gasteiger partial charge on any atom is -0.387 e. The lowest BCUT2D eigenvalue weighted by atomic mass is 10.2. The normalized spacial score (nSPS) is 10.3. The van der Waals surface area contributed by atoms with Crippen molar-refractivity contribution in [1.29, 1.82) is 5.41 Å². The Balaban J connectivity index is 2.79. The number of nitrogens with zero attached hydrogens (tertiary/aromatic N) is 2. The third-order valence-corrected chi connectivity index (χ3v) is 2.02. The molecule has 0 unspecified atom stereocenters. The Morgan fingerprint density at radius 1 is 1.69 bits per heavy atom. The summed E-state index contributed by atoms with van der Waals surface area (Å²) in [6.07, 6.45) is 3.38. The van der Waals surface area contributed by atoms with Crippen LogP contribution in [0.1, 0.15) is 24.6 Å². The molecule has 0 bridgehead atoms. The molecule has 0 spiro atoms. The molecule has 0 fully saturated rings. The van der Waals surface area contributed by atoms with Crippen LogP contribution in [-0.2, 0) is 13.0 Å². The summed E-state index contributed by atoms with van der Waals surface area (Å²) in [7, 11) is 0. The van der Waals surface area contributed by atoms with Gasteiger partial charge in [-0.05, 0) is 13.3 Å². The second-order valence-corrected chi connectivity index (χ2v) is 3.18. The monoisotopic (exact) mass is 180 g/mol. The fourth-order valence-corrected chi connectivity index (χ4v) is 1.30. The van der Waals surface area contributed by atoms with Crippen molar-refractivity contribution < 1.29 is 0 Å². The van der Waals surface area contributed by atoms with Crippen LogP contribution in [0.2, 0.25) is 0 Å². The summed E-state index contributed by atoms with van der Waals surface area (Å²) in [5.41, 5.74) is 7.50. The van der Waals surface area contributed by atoms with Crippen LogP contribution in [0.4, 0.5) is 0 Å². The number of nitrogens with one attached hydrogen (secondary N) is 1. The molecule has 1 aromatic heterocycles. The average Bonchev–Trinajstić information content (AvgIpc) is 2.36. The highest BCUT2D eigenvalue weighted by molar-refractivity contribution is 5.79. The van der Waals surface area contributed by atoms with Gasteiger partial charge in [-0.25, -0.2) is 0 Å². The quantitative estimate of drug-likeness (QED) is 0.537. The maximum atomic E-state index is 7.18. The van der Waals surface area contributed by atoms with Crippen LogP contribution < -0.4 is 5.73 Å². The summed E-state index contributed by atoms with van der Waals surface area (Å²) >= 11 is 0. The first-order valence-corrected chi connectivity index (χ1v) is 4.49. The van der Waals surface area contributed by atoms with Crippen LogP contribution in [0.15, 0.2) is 6.20 Å². The van der Waals surface area contributed by atoms with Gasteiger partial charge in [-0.3, -0.25) is 10.1 Å². The van der Waals surface area contributed by atoms with Crippen LogP contribution in [-0.4, -0.2) is 15.6 Å². The molecule has 1 rings (SSSR count). The van der Waals surface area contributed by atoms with Crippen molar-refractivity contribution in [2.24, 2.45) is 5.73 Å². The molecule has 0 aliphatic carbocycles. The van der Waals surface area contributed by atoms with Gasteiger partial charge in [-0.2, -0.15) is 5.10 Å². The highest BCUT2D eigenvalue weighted by atomic mass is 15.3. The fraction of sp³-hybridized carbons (Fsp3) is 0.556. The molecule has 13 heavy (non-hydrogen) atoms. The molecule has 3 N–H and O–H groups in total. The maximum absolute atomic E-state index is 7.18. The van der Waals surface area contributed by atoms with Gasteiger partial charge in [0.15, 0.2) is 0 Å². The van der Waals surface area contributed by atoms with Gasteiger partial charge in [0.25, 0.3) is 0 Å². The van der Waals surface area contributed by atoms with Crippen molar-refractivity contribution in [2.75, 3.05) is 0 Å². The third kappa shape index (κ3) is 2.31. The molecule has 0 saturated heterocycles. The molecule has 0 atom stereocenters. The molecule has 1 aromatic rings. The van der Waals surface area contributed by atoms with Gasteiger partial charge in [-0.1, -0.05) is 6.92 Å². The van der Waals surface area contributed by atoms with Crippen molar-refractivity contribution in [2.45, 2.75) is 33.2 Å². The van der Waals surface area contributed by atoms with E-state index < -0.39 is 0 Å². The van der Waals surface area contributed by atoms with Crippen LogP contribution in [0.5, 0.6) is 0 Å². The largest absolute Gasteiger partial charge is 0.387 e. The Morgan fingerprint density at radius 3 is 2.92 bits per heavy atom. The number of hydrogen-bond acceptors (Lipinski definition) is 2. The number of hydrogen-bond donors (Lipinski definition) is 2. The van der Waals surface area contributed by atoms with Crippen molar-refractivity contribution in [3.8, 4) is 0 Å². The zero-order valence-corrected chi connectivity index (χ0v) is 8.17. The van der Waals surface area contributed by atoms with Crippen LogP contribution in [0.25, 0.3) is 0 Å². The summed E-state index contributed by atoms with van der Waals surface area (Å²) in [5, 5.41) is 11.4. The van der Waals surface area contributed by atoms with E-state index in [0.29, 0.717) is 6.42 Å². The first-order chi connectivity index (χ1) is 6.15. The fourth-order valence-electron chi connectivity index (χ4n) is 1.30. The molecule has 0 aliphatic rings. The smallest absolute Gasteiger partial charge is 0.0951 e. The Morgan fingerprint density at radius 2 is 2.38 bits per heavy atom. The summed E-state index contributed by atoms with van der Waals surface area (Å²) in [6.45, 7) is 5.07. The van der Waals surface area contributed by atoms with Gasteiger partial charge in [-0.15, -0.1) is 0 Å². The predicted octanol–water partition coefficient (Wildman–Crippen LogP) is 1.08. The second kappa shape index (κ2) is 4.07. The lowest BCUT2D eigenvalue weighted by Gasteiger charge is -2.02. The first-order valence-electron chi connectivity index (χ1n) is 4.49. The van der Waals surface area contributed by atoms with E-state index in [4.69, 9.17) is 11.1 Å². The van der Waals surface area contributed by atoms with Gasteiger partial charge < -0.3 is 5.73 Å². The third-order valence-electron chi connectivity index (χ3n) is 2.02. The van der Waals surface area contributed by atoms with Crippen molar-refractivity contribution in [3.63, 3.8) is 0 Å². The van der Waals surface area contributed by atoms with E-state index in [-0.39, 0.29) is 5.84 Å². The van der Waals surface area contributed by atoms with Gasteiger partial charge in [0.1, 0.15) is 0 Å². The molecule has 4 nitrogen and oxygen atoms in total. The van der Waals surface area contributed by atoms with E-state index in [0.717, 1.165) is 24.2 Å². The van der Waals surface area contributed by atoms with Crippen molar-refractivity contribution >= 4 is 5.84 Å². The van der Waals surface area contributed by atoms with Crippen molar-refractivity contribution in [3.05, 3.63) is 17.5 Å². The Hall–Kier alpha value is -1.32. The van der Waals surface area contributed by atoms with E-state index in [9.17, 15) is 0 Å². The van der Waals surface area contributed by atoms with Gasteiger partial charge in [0, 0.05) is 24.2 Å². The van der Waals surface area contributed by atoms with E-state index in [2.05, 4.69) is 12.0 Å². The molecule has 0 saturated carbocycles. The van der Waals surface area contributed by atoms with E-state index in [1.807, 2.05) is 11.6 Å². The predicted molar refractivity (Wildman–Crippen MR) is 52.9 cm³/mol. The number of amidine groups is 1. The average molecular weight is 180 g/mol. The summed E-state index contributed by atoms with van der Waals surface area (Å²) in [4.78, 5) is 0. The second-order valence-electron chi connectivity index (χ2n) is 3.18. The number of rotatable bonds is 4. The van der Waals surface area contributed by atoms with E-state index in [1.54, 1.807) is 6.20 Å². The topological polar surface area (TPSA) is 67.7 Å². The van der Waals surface area contributed by atoms with E-state index in [1.165, 1.54) is 0 Å². The van der Waals surface area contributed by atoms with Crippen LogP contribution >= 0.6 is 0 Å². The molecule has 0 aliphatic heterocycles. The molecule has 1 heterocycles. The first kappa shape index (κ1) is 9.77. The molecular formula is C9H16N4. The molecule has 72 valence electrons. The Bertz CT molecular complexity index is 301. The lowest BCUT2D eigenvalue weighted by molar-refractivity contribution is 0.586. The highest BCUT2D eigenvalue weighted by Gasteiger charge is 2.05. The number of aromatic nitrogens is 2. The summed E-state index contributed by atoms with van der Waals surface area (Å²) < 4.78 is 1.96. The zero-order chi connectivity index (χ0) is 9.84. The van der Waals surface area contributed by atoms with Gasteiger partial charge in [0.05, 0.1) is 12.0 Å². The summed E-state index contributed by atoms with van der Waals surface area (Å²) in [6, 6.07) is 0. The molecule has 0 amide bonds. The Labute approximate surface area is 78.3 Å². The maximum Gasteiger partial charge on any atom is 0.0951 e. The summed E-state index contributed by atoms with van der Waals surface area (Å²) in [5.74, 6) is 0.194. The molecule has 4 heteroatoms. The number of nitrogens with two attached hydrogens (primary N) is 1. The minimum absolute atomic E-state index is 0.194. The van der Waals surface area contributed by atoms with Gasteiger partial charge in [0.2, 0.25) is 0 Å². The molecule has 0 aromatic carbocycles.